The second-order valence-corrected chi connectivity index (χ2v) is 6.62. The molecule has 1 saturated carbocycles. The van der Waals surface area contributed by atoms with Crippen molar-refractivity contribution in [2.45, 2.75) is 71.9 Å². The number of amides is 2. The Bertz CT molecular complexity index is 357. The van der Waals surface area contributed by atoms with Gasteiger partial charge in [0.25, 0.3) is 0 Å². The van der Waals surface area contributed by atoms with Gasteiger partial charge < -0.3 is 15.7 Å². The van der Waals surface area contributed by atoms with Crippen LogP contribution in [-0.4, -0.2) is 29.2 Å². The van der Waals surface area contributed by atoms with E-state index < -0.39 is 12.0 Å². The Kier molecular flexibility index (Phi) is 6.99. The van der Waals surface area contributed by atoms with Crippen LogP contribution >= 0.6 is 0 Å². The third-order valence-corrected chi connectivity index (χ3v) is 4.76. The number of rotatable bonds is 6. The molecule has 0 radical (unpaired) electrons. The number of hydrogen-bond acceptors (Lipinski definition) is 2. The second kappa shape index (κ2) is 8.25. The summed E-state index contributed by atoms with van der Waals surface area (Å²) in [6.45, 7) is 8.14. The van der Waals surface area contributed by atoms with Crippen molar-refractivity contribution in [2.75, 3.05) is 0 Å². The highest BCUT2D eigenvalue weighted by molar-refractivity contribution is 5.82. The summed E-state index contributed by atoms with van der Waals surface area (Å²) in [5.74, 6) is -0.0409. The molecule has 21 heavy (non-hydrogen) atoms. The minimum Gasteiger partial charge on any atom is -0.480 e. The number of carbonyl (C=O) groups is 2. The fourth-order valence-electron chi connectivity index (χ4n) is 3.17. The highest BCUT2D eigenvalue weighted by atomic mass is 16.4. The topological polar surface area (TPSA) is 78.4 Å². The molecule has 1 fully saturated rings. The summed E-state index contributed by atoms with van der Waals surface area (Å²) in [6, 6.07) is -1.01. The van der Waals surface area contributed by atoms with Crippen molar-refractivity contribution < 1.29 is 14.7 Å². The molecule has 0 heterocycles. The zero-order chi connectivity index (χ0) is 16.0. The summed E-state index contributed by atoms with van der Waals surface area (Å²) in [5, 5.41) is 14.9. The van der Waals surface area contributed by atoms with Crippen LogP contribution in [0.15, 0.2) is 0 Å². The summed E-state index contributed by atoms with van der Waals surface area (Å²) in [5.41, 5.74) is 0. The maximum Gasteiger partial charge on any atom is 0.326 e. The normalized spacial score (nSPS) is 25.2. The SMILES string of the molecule is CC[C@H](C)[C@H](NC(=O)NC1CCCCC1C(C)C)C(=O)O. The average molecular weight is 298 g/mol. The smallest absolute Gasteiger partial charge is 0.326 e. The molecule has 3 N–H and O–H groups in total. The first kappa shape index (κ1) is 17.8. The highest BCUT2D eigenvalue weighted by Gasteiger charge is 2.30. The van der Waals surface area contributed by atoms with Crippen LogP contribution in [-0.2, 0) is 4.79 Å². The lowest BCUT2D eigenvalue weighted by molar-refractivity contribution is -0.140. The monoisotopic (exact) mass is 298 g/mol. The number of carboxylic acids is 1. The first-order valence-electron chi connectivity index (χ1n) is 8.16. The minimum absolute atomic E-state index is 0.0829. The third kappa shape index (κ3) is 5.21. The molecular weight excluding hydrogens is 268 g/mol. The Morgan fingerprint density at radius 3 is 2.33 bits per heavy atom. The first-order valence-corrected chi connectivity index (χ1v) is 8.16. The molecule has 0 aromatic carbocycles. The van der Waals surface area contributed by atoms with Crippen LogP contribution in [0, 0.1) is 17.8 Å². The second-order valence-electron chi connectivity index (χ2n) is 6.62. The zero-order valence-corrected chi connectivity index (χ0v) is 13.7. The van der Waals surface area contributed by atoms with Gasteiger partial charge in [0.15, 0.2) is 0 Å². The number of urea groups is 1. The number of nitrogens with one attached hydrogen (secondary N) is 2. The van der Waals surface area contributed by atoms with Crippen LogP contribution in [0.3, 0.4) is 0 Å². The number of hydrogen-bond donors (Lipinski definition) is 3. The van der Waals surface area contributed by atoms with Crippen LogP contribution in [0.25, 0.3) is 0 Å². The van der Waals surface area contributed by atoms with Gasteiger partial charge in [0.1, 0.15) is 6.04 Å². The molecule has 1 rings (SSSR count). The highest BCUT2D eigenvalue weighted by Crippen LogP contribution is 2.30. The summed E-state index contributed by atoms with van der Waals surface area (Å²) < 4.78 is 0. The number of carboxylic acid groups (broad SMARTS) is 1. The molecule has 2 unspecified atom stereocenters. The van der Waals surface area contributed by atoms with Crippen LogP contribution < -0.4 is 10.6 Å². The lowest BCUT2D eigenvalue weighted by Crippen LogP contribution is -2.53. The van der Waals surface area contributed by atoms with Gasteiger partial charge in [-0.05, 0) is 30.6 Å². The van der Waals surface area contributed by atoms with Crippen LogP contribution in [0.5, 0.6) is 0 Å². The van der Waals surface area contributed by atoms with Gasteiger partial charge in [0.2, 0.25) is 0 Å². The molecule has 122 valence electrons. The Labute approximate surface area is 127 Å². The molecule has 0 aromatic rings. The van der Waals surface area contributed by atoms with Gasteiger partial charge in [-0.25, -0.2) is 9.59 Å². The molecule has 0 aliphatic heterocycles. The lowest BCUT2D eigenvalue weighted by atomic mass is 9.78. The molecule has 2 amide bonds. The van der Waals surface area contributed by atoms with E-state index >= 15 is 0 Å². The van der Waals surface area contributed by atoms with E-state index in [1.165, 1.54) is 6.42 Å². The Morgan fingerprint density at radius 1 is 1.19 bits per heavy atom. The zero-order valence-electron chi connectivity index (χ0n) is 13.7. The fraction of sp³-hybridized carbons (Fsp3) is 0.875. The van der Waals surface area contributed by atoms with Crippen molar-refractivity contribution in [3.63, 3.8) is 0 Å². The van der Waals surface area contributed by atoms with Crippen molar-refractivity contribution >= 4 is 12.0 Å². The van der Waals surface area contributed by atoms with Crippen molar-refractivity contribution in [3.8, 4) is 0 Å². The largest absolute Gasteiger partial charge is 0.480 e. The molecule has 4 atom stereocenters. The van der Waals surface area contributed by atoms with E-state index in [9.17, 15) is 14.7 Å². The lowest BCUT2D eigenvalue weighted by Gasteiger charge is -2.35. The summed E-state index contributed by atoms with van der Waals surface area (Å²) >= 11 is 0. The van der Waals surface area contributed by atoms with E-state index in [0.29, 0.717) is 11.8 Å². The fourth-order valence-corrected chi connectivity index (χ4v) is 3.17. The number of carbonyl (C=O) groups excluding carboxylic acids is 1. The molecule has 0 saturated heterocycles. The molecule has 5 nitrogen and oxygen atoms in total. The molecule has 1 aliphatic carbocycles. The standard InChI is InChI=1S/C16H30N2O3/c1-5-11(4)14(15(19)20)18-16(21)17-13-9-7-6-8-12(13)10(2)3/h10-14H,5-9H2,1-4H3,(H,19,20)(H2,17,18,21)/t11-,12?,13?,14-/m0/s1. The summed E-state index contributed by atoms with van der Waals surface area (Å²) in [7, 11) is 0. The van der Waals surface area contributed by atoms with Crippen molar-refractivity contribution in [1.82, 2.24) is 10.6 Å². The van der Waals surface area contributed by atoms with E-state index in [1.807, 2.05) is 13.8 Å². The van der Waals surface area contributed by atoms with Gasteiger partial charge in [-0.15, -0.1) is 0 Å². The predicted octanol–water partition coefficient (Wildman–Crippen LogP) is 3.00. The van der Waals surface area contributed by atoms with E-state index in [1.54, 1.807) is 0 Å². The van der Waals surface area contributed by atoms with Crippen LogP contribution in [0.4, 0.5) is 4.79 Å². The molecule has 0 spiro atoms. The van der Waals surface area contributed by atoms with Gasteiger partial charge in [-0.2, -0.15) is 0 Å². The maximum atomic E-state index is 12.1. The van der Waals surface area contributed by atoms with E-state index in [4.69, 9.17) is 0 Å². The van der Waals surface area contributed by atoms with Gasteiger partial charge in [0, 0.05) is 6.04 Å². The van der Waals surface area contributed by atoms with Gasteiger partial charge in [-0.3, -0.25) is 0 Å². The predicted molar refractivity (Wildman–Crippen MR) is 83.1 cm³/mol. The van der Waals surface area contributed by atoms with Crippen molar-refractivity contribution in [2.24, 2.45) is 17.8 Å². The molecule has 5 heteroatoms. The third-order valence-electron chi connectivity index (χ3n) is 4.76. The molecule has 0 bridgehead atoms. The molecule has 0 aromatic heterocycles. The summed E-state index contributed by atoms with van der Waals surface area (Å²) in [6.07, 6.45) is 5.18. The number of aliphatic carboxylic acids is 1. The van der Waals surface area contributed by atoms with Gasteiger partial charge in [0.05, 0.1) is 0 Å². The van der Waals surface area contributed by atoms with E-state index in [2.05, 4.69) is 24.5 Å². The van der Waals surface area contributed by atoms with Crippen LogP contribution in [0.1, 0.15) is 59.8 Å². The van der Waals surface area contributed by atoms with Gasteiger partial charge >= 0.3 is 12.0 Å². The van der Waals surface area contributed by atoms with Crippen molar-refractivity contribution in [3.05, 3.63) is 0 Å². The summed E-state index contributed by atoms with van der Waals surface area (Å²) in [4.78, 5) is 23.4. The van der Waals surface area contributed by atoms with Gasteiger partial charge in [-0.1, -0.05) is 47.0 Å². The first-order chi connectivity index (χ1) is 9.86. The average Bonchev–Trinajstić information content (AvgIpc) is 2.44. The quantitative estimate of drug-likeness (QED) is 0.705. The molecular formula is C16H30N2O3. The Morgan fingerprint density at radius 2 is 1.81 bits per heavy atom. The van der Waals surface area contributed by atoms with Crippen molar-refractivity contribution in [1.29, 1.82) is 0 Å². The minimum atomic E-state index is -0.969. The van der Waals surface area contributed by atoms with E-state index in [-0.39, 0.29) is 18.0 Å². The van der Waals surface area contributed by atoms with Crippen LogP contribution in [0.2, 0.25) is 0 Å². The molecule has 1 aliphatic rings. The Balaban J connectivity index is 2.60. The maximum absolute atomic E-state index is 12.1. The van der Waals surface area contributed by atoms with E-state index in [0.717, 1.165) is 25.7 Å². The Hall–Kier alpha value is -1.26.